The maximum absolute atomic E-state index is 12.8. The number of piperidine rings is 1. The molecule has 5 nitrogen and oxygen atoms in total. The lowest BCUT2D eigenvalue weighted by atomic mass is 9.99. The first kappa shape index (κ1) is 19.7. The molecule has 1 aromatic carbocycles. The predicted molar refractivity (Wildman–Crippen MR) is 96.8 cm³/mol. The maximum atomic E-state index is 12.8. The van der Waals surface area contributed by atoms with Gasteiger partial charge in [-0.1, -0.05) is 19.1 Å². The van der Waals surface area contributed by atoms with Crippen molar-refractivity contribution in [3.05, 3.63) is 35.6 Å². The van der Waals surface area contributed by atoms with Gasteiger partial charge in [-0.05, 0) is 68.9 Å². The number of hydrogen-bond acceptors (Lipinski definition) is 3. The van der Waals surface area contributed by atoms with Crippen LogP contribution in [0.4, 0.5) is 9.18 Å². The van der Waals surface area contributed by atoms with E-state index >= 15 is 0 Å². The lowest BCUT2D eigenvalue weighted by Gasteiger charge is -2.30. The number of carbonyl (C=O) groups excluding carboxylic acids is 1. The molecule has 25 heavy (non-hydrogen) atoms. The minimum Gasteiger partial charge on any atom is -0.387 e. The van der Waals surface area contributed by atoms with Gasteiger partial charge in [-0.2, -0.15) is 0 Å². The second kappa shape index (κ2) is 10.4. The highest BCUT2D eigenvalue weighted by Crippen LogP contribution is 2.16. The minimum absolute atomic E-state index is 0.101. The second-order valence-electron chi connectivity index (χ2n) is 6.94. The molecule has 1 fully saturated rings. The number of nitrogens with one attached hydrogen (secondary N) is 2. The van der Waals surface area contributed by atoms with E-state index in [0.29, 0.717) is 12.1 Å². The van der Waals surface area contributed by atoms with Crippen LogP contribution >= 0.6 is 0 Å². The lowest BCUT2D eigenvalue weighted by Crippen LogP contribution is -2.38. The van der Waals surface area contributed by atoms with E-state index in [0.717, 1.165) is 25.3 Å². The third-order valence-corrected chi connectivity index (χ3v) is 4.77. The van der Waals surface area contributed by atoms with E-state index in [2.05, 4.69) is 22.5 Å². The molecule has 0 bridgehead atoms. The fourth-order valence-corrected chi connectivity index (χ4v) is 3.00. The summed E-state index contributed by atoms with van der Waals surface area (Å²) in [4.78, 5) is 14.2. The summed E-state index contributed by atoms with van der Waals surface area (Å²) in [5, 5.41) is 15.4. The molecule has 140 valence electrons. The Morgan fingerprint density at radius 1 is 1.24 bits per heavy atom. The number of rotatable bonds is 8. The number of aliphatic hydroxyl groups is 1. The van der Waals surface area contributed by atoms with E-state index in [1.54, 1.807) is 0 Å². The van der Waals surface area contributed by atoms with Crippen LogP contribution in [0.2, 0.25) is 0 Å². The Balaban J connectivity index is 1.51. The first-order chi connectivity index (χ1) is 12.0. The van der Waals surface area contributed by atoms with Crippen molar-refractivity contribution in [2.75, 3.05) is 32.7 Å². The van der Waals surface area contributed by atoms with Crippen molar-refractivity contribution in [2.24, 2.45) is 5.92 Å². The van der Waals surface area contributed by atoms with Crippen molar-refractivity contribution in [3.63, 3.8) is 0 Å². The molecule has 6 heteroatoms. The fourth-order valence-electron chi connectivity index (χ4n) is 3.00. The number of amides is 2. The van der Waals surface area contributed by atoms with Crippen LogP contribution in [0.25, 0.3) is 0 Å². The average Bonchev–Trinajstić information content (AvgIpc) is 2.61. The van der Waals surface area contributed by atoms with Gasteiger partial charge in [-0.3, -0.25) is 0 Å². The number of unbranched alkanes of at least 4 members (excludes halogenated alkanes) is 1. The van der Waals surface area contributed by atoms with Crippen molar-refractivity contribution >= 4 is 6.03 Å². The SMILES string of the molecule is CC1CCN(CCCCNC(=O)NCC(O)c2ccc(F)cc2)CC1. The van der Waals surface area contributed by atoms with Crippen molar-refractivity contribution in [3.8, 4) is 0 Å². The zero-order valence-electron chi connectivity index (χ0n) is 15.0. The highest BCUT2D eigenvalue weighted by molar-refractivity contribution is 5.73. The second-order valence-corrected chi connectivity index (χ2v) is 6.94. The number of hydrogen-bond donors (Lipinski definition) is 3. The fraction of sp³-hybridized carbons (Fsp3) is 0.632. The number of halogens is 1. The van der Waals surface area contributed by atoms with Gasteiger partial charge in [0.25, 0.3) is 0 Å². The van der Waals surface area contributed by atoms with Gasteiger partial charge in [0, 0.05) is 13.1 Å². The Labute approximate surface area is 149 Å². The third kappa shape index (κ3) is 7.40. The number of likely N-dealkylation sites (tertiary alicyclic amines) is 1. The van der Waals surface area contributed by atoms with Crippen molar-refractivity contribution < 1.29 is 14.3 Å². The van der Waals surface area contributed by atoms with Crippen LogP contribution in [0.15, 0.2) is 24.3 Å². The van der Waals surface area contributed by atoms with Crippen molar-refractivity contribution in [1.29, 1.82) is 0 Å². The molecule has 0 spiro atoms. The number of carbonyl (C=O) groups is 1. The van der Waals surface area contributed by atoms with Crippen LogP contribution in [-0.4, -0.2) is 48.8 Å². The summed E-state index contributed by atoms with van der Waals surface area (Å²) in [5.74, 6) is 0.507. The number of nitrogens with zero attached hydrogens (tertiary/aromatic N) is 1. The molecule has 1 saturated heterocycles. The molecule has 1 heterocycles. The Morgan fingerprint density at radius 2 is 1.92 bits per heavy atom. The van der Waals surface area contributed by atoms with E-state index in [9.17, 15) is 14.3 Å². The van der Waals surface area contributed by atoms with Gasteiger partial charge in [-0.15, -0.1) is 0 Å². The Hall–Kier alpha value is -1.66. The topological polar surface area (TPSA) is 64.6 Å². The zero-order chi connectivity index (χ0) is 18.1. The van der Waals surface area contributed by atoms with Gasteiger partial charge in [0.05, 0.1) is 6.10 Å². The Morgan fingerprint density at radius 3 is 2.60 bits per heavy atom. The summed E-state index contributed by atoms with van der Waals surface area (Å²) < 4.78 is 12.8. The molecule has 1 unspecified atom stereocenters. The third-order valence-electron chi connectivity index (χ3n) is 4.77. The van der Waals surface area contributed by atoms with E-state index in [1.165, 1.54) is 50.2 Å². The molecule has 3 N–H and O–H groups in total. The number of benzene rings is 1. The van der Waals surface area contributed by atoms with Gasteiger partial charge in [-0.25, -0.2) is 9.18 Å². The number of urea groups is 1. The summed E-state index contributed by atoms with van der Waals surface area (Å²) in [5.41, 5.74) is 0.581. The molecule has 1 aromatic rings. The molecule has 1 atom stereocenters. The Kier molecular flexibility index (Phi) is 8.15. The highest BCUT2D eigenvalue weighted by atomic mass is 19.1. The van der Waals surface area contributed by atoms with Crippen molar-refractivity contribution in [2.45, 2.75) is 38.7 Å². The molecular weight excluding hydrogens is 321 g/mol. The smallest absolute Gasteiger partial charge is 0.314 e. The van der Waals surface area contributed by atoms with E-state index < -0.39 is 6.10 Å². The normalized spacial score (nSPS) is 17.2. The summed E-state index contributed by atoms with van der Waals surface area (Å²) in [6.45, 7) is 6.52. The molecule has 1 aliphatic rings. The van der Waals surface area contributed by atoms with Crippen LogP contribution in [0, 0.1) is 11.7 Å². The van der Waals surface area contributed by atoms with E-state index in [1.807, 2.05) is 0 Å². The van der Waals surface area contributed by atoms with Gasteiger partial charge < -0.3 is 20.6 Å². The predicted octanol–water partition coefficient (Wildman–Crippen LogP) is 2.67. The molecule has 0 aromatic heterocycles. The molecule has 2 amide bonds. The molecule has 1 aliphatic heterocycles. The molecule has 2 rings (SSSR count). The average molecular weight is 351 g/mol. The summed E-state index contributed by atoms with van der Waals surface area (Å²) in [6, 6.07) is 5.33. The first-order valence-electron chi connectivity index (χ1n) is 9.22. The zero-order valence-corrected chi connectivity index (χ0v) is 15.0. The first-order valence-corrected chi connectivity index (χ1v) is 9.22. The molecular formula is C19H30FN3O2. The van der Waals surface area contributed by atoms with Gasteiger partial charge in [0.2, 0.25) is 0 Å². The lowest BCUT2D eigenvalue weighted by molar-refractivity contribution is 0.173. The van der Waals surface area contributed by atoms with Gasteiger partial charge >= 0.3 is 6.03 Å². The van der Waals surface area contributed by atoms with Crippen LogP contribution in [0.1, 0.15) is 44.3 Å². The highest BCUT2D eigenvalue weighted by Gasteiger charge is 2.14. The quantitative estimate of drug-likeness (QED) is 0.631. The molecule has 0 radical (unpaired) electrons. The van der Waals surface area contributed by atoms with Crippen molar-refractivity contribution in [1.82, 2.24) is 15.5 Å². The minimum atomic E-state index is -0.840. The van der Waals surface area contributed by atoms with Crippen LogP contribution < -0.4 is 10.6 Å². The molecule has 0 saturated carbocycles. The standard InChI is InChI=1S/C19H30FN3O2/c1-15-8-12-23(13-9-15)11-3-2-10-21-19(25)22-14-18(24)16-4-6-17(20)7-5-16/h4-7,15,18,24H,2-3,8-14H2,1H3,(H2,21,22,25). The van der Waals surface area contributed by atoms with Crippen LogP contribution in [0.3, 0.4) is 0 Å². The Bertz CT molecular complexity index is 516. The van der Waals surface area contributed by atoms with Crippen LogP contribution in [-0.2, 0) is 0 Å². The monoisotopic (exact) mass is 351 g/mol. The molecule has 0 aliphatic carbocycles. The maximum Gasteiger partial charge on any atom is 0.314 e. The van der Waals surface area contributed by atoms with Gasteiger partial charge in [0.15, 0.2) is 0 Å². The summed E-state index contributed by atoms with van der Waals surface area (Å²) in [7, 11) is 0. The largest absolute Gasteiger partial charge is 0.387 e. The van der Waals surface area contributed by atoms with E-state index in [4.69, 9.17) is 0 Å². The van der Waals surface area contributed by atoms with E-state index in [-0.39, 0.29) is 18.4 Å². The van der Waals surface area contributed by atoms with Crippen LogP contribution in [0.5, 0.6) is 0 Å². The number of aliphatic hydroxyl groups excluding tert-OH is 1. The van der Waals surface area contributed by atoms with Gasteiger partial charge in [0.1, 0.15) is 5.82 Å². The summed E-state index contributed by atoms with van der Waals surface area (Å²) >= 11 is 0. The summed E-state index contributed by atoms with van der Waals surface area (Å²) in [6.07, 6.45) is 3.76.